The lowest BCUT2D eigenvalue weighted by molar-refractivity contribution is -0.138. The van der Waals surface area contributed by atoms with Crippen LogP contribution < -0.4 is 5.43 Å². The van der Waals surface area contributed by atoms with E-state index in [9.17, 15) is 23.4 Å². The molecule has 0 spiro atoms. The molecule has 0 aliphatic carbocycles. The molecule has 0 aliphatic heterocycles. The Labute approximate surface area is 137 Å². The van der Waals surface area contributed by atoms with Crippen molar-refractivity contribution in [2.24, 2.45) is 5.92 Å². The molecule has 2 heterocycles. The predicted octanol–water partition coefficient (Wildman–Crippen LogP) is 4.00. The summed E-state index contributed by atoms with van der Waals surface area (Å²) >= 11 is 0. The van der Waals surface area contributed by atoms with Crippen molar-refractivity contribution in [2.75, 3.05) is 5.43 Å². The summed E-state index contributed by atoms with van der Waals surface area (Å²) in [7, 11) is 0. The van der Waals surface area contributed by atoms with E-state index in [1.54, 1.807) is 27.7 Å². The van der Waals surface area contributed by atoms with Gasteiger partial charge in [-0.25, -0.2) is 4.98 Å². The van der Waals surface area contributed by atoms with Crippen molar-refractivity contribution >= 4 is 5.82 Å². The fourth-order valence-corrected chi connectivity index (χ4v) is 2.36. The van der Waals surface area contributed by atoms with Gasteiger partial charge in [-0.05, 0) is 38.3 Å². The quantitative estimate of drug-likeness (QED) is 0.785. The number of pyridine rings is 1. The summed E-state index contributed by atoms with van der Waals surface area (Å²) < 4.78 is 40.3. The average molecular weight is 343 g/mol. The van der Waals surface area contributed by atoms with Gasteiger partial charge in [0.15, 0.2) is 0 Å². The maximum Gasteiger partial charge on any atom is 0.418 e. The van der Waals surface area contributed by atoms with Crippen molar-refractivity contribution in [3.63, 3.8) is 0 Å². The Morgan fingerprint density at radius 2 is 1.67 bits per heavy atom. The molecular weight excluding hydrogens is 323 g/mol. The smallest absolute Gasteiger partial charge is 0.418 e. The van der Waals surface area contributed by atoms with Crippen LogP contribution in [0.1, 0.15) is 36.2 Å². The monoisotopic (exact) mass is 343 g/mol. The number of halogens is 3. The highest BCUT2D eigenvalue weighted by molar-refractivity contribution is 5.48. The van der Waals surface area contributed by atoms with Crippen molar-refractivity contribution in [1.29, 1.82) is 0 Å². The van der Waals surface area contributed by atoms with Crippen LogP contribution in [0.3, 0.4) is 0 Å². The zero-order chi connectivity index (χ0) is 18.2. The van der Waals surface area contributed by atoms with Gasteiger partial charge < -0.3 is 10.2 Å². The minimum Gasteiger partial charge on any atom is -0.493 e. The Kier molecular flexibility index (Phi) is 4.68. The molecule has 0 aromatic carbocycles. The van der Waals surface area contributed by atoms with E-state index in [0.717, 1.165) is 16.8 Å². The number of aromatic nitrogens is 2. The number of nitrogens with one attached hydrogen (secondary N) is 1. The predicted molar refractivity (Wildman–Crippen MR) is 84.0 cm³/mol. The number of hydrogen-bond acceptors (Lipinski definition) is 4. The Bertz CT molecular complexity index is 727. The minimum absolute atomic E-state index is 0.00766. The summed E-state index contributed by atoms with van der Waals surface area (Å²) in [6, 6.07) is 2.11. The minimum atomic E-state index is -4.49. The highest BCUT2D eigenvalue weighted by Gasteiger charge is 2.34. The maximum atomic E-state index is 13.1. The van der Waals surface area contributed by atoms with Gasteiger partial charge in [0.25, 0.3) is 0 Å². The summed E-state index contributed by atoms with van der Waals surface area (Å²) in [6.45, 7) is 6.84. The SMILES string of the molecule is Cc1c(C)c(O)n(Nc2ccc(C(F)(F)F)c(CC(C)C)n2)c1O. The Morgan fingerprint density at radius 1 is 1.12 bits per heavy atom. The van der Waals surface area contributed by atoms with Gasteiger partial charge >= 0.3 is 6.18 Å². The second kappa shape index (κ2) is 6.26. The van der Waals surface area contributed by atoms with Crippen LogP contribution in [0.15, 0.2) is 12.1 Å². The van der Waals surface area contributed by atoms with Crippen LogP contribution in [0.25, 0.3) is 0 Å². The van der Waals surface area contributed by atoms with E-state index in [-0.39, 0.29) is 35.6 Å². The zero-order valence-electron chi connectivity index (χ0n) is 13.9. The molecule has 132 valence electrons. The Morgan fingerprint density at radius 3 is 2.12 bits per heavy atom. The molecule has 2 aromatic heterocycles. The first-order chi connectivity index (χ1) is 11.0. The second-order valence-electron chi connectivity index (χ2n) is 6.13. The Hall–Kier alpha value is -2.38. The van der Waals surface area contributed by atoms with Crippen molar-refractivity contribution in [2.45, 2.75) is 40.3 Å². The maximum absolute atomic E-state index is 13.1. The standard InChI is InChI=1S/C16H20F3N3O2/c1-8(2)7-12-11(16(17,18)19)5-6-13(20-12)21-22-14(23)9(3)10(4)15(22)24/h5-6,8,23-24H,7H2,1-4H3,(H,20,21). The largest absolute Gasteiger partial charge is 0.493 e. The second-order valence-corrected chi connectivity index (χ2v) is 6.13. The van der Waals surface area contributed by atoms with E-state index in [4.69, 9.17) is 0 Å². The van der Waals surface area contributed by atoms with E-state index in [0.29, 0.717) is 11.1 Å². The van der Waals surface area contributed by atoms with E-state index in [1.165, 1.54) is 0 Å². The highest BCUT2D eigenvalue weighted by Crippen LogP contribution is 2.34. The molecule has 0 aliphatic rings. The first-order valence-corrected chi connectivity index (χ1v) is 7.46. The molecule has 8 heteroatoms. The molecule has 0 fully saturated rings. The topological polar surface area (TPSA) is 70.3 Å². The summed E-state index contributed by atoms with van der Waals surface area (Å²) in [4.78, 5) is 4.02. The summed E-state index contributed by atoms with van der Waals surface area (Å²) in [5.74, 6) is -0.361. The molecule has 24 heavy (non-hydrogen) atoms. The first-order valence-electron chi connectivity index (χ1n) is 7.46. The van der Waals surface area contributed by atoms with Crippen LogP contribution in [-0.4, -0.2) is 19.9 Å². The molecule has 0 bridgehead atoms. The first kappa shape index (κ1) is 18.0. The molecule has 2 aromatic rings. The molecule has 0 amide bonds. The van der Waals surface area contributed by atoms with Crippen LogP contribution in [0.2, 0.25) is 0 Å². The van der Waals surface area contributed by atoms with Gasteiger partial charge in [-0.3, -0.25) is 5.43 Å². The Balaban J connectivity index is 2.44. The number of rotatable bonds is 4. The van der Waals surface area contributed by atoms with Crippen molar-refractivity contribution in [3.05, 3.63) is 34.5 Å². The third-order valence-corrected chi connectivity index (χ3v) is 3.76. The molecule has 0 radical (unpaired) electrons. The lowest BCUT2D eigenvalue weighted by Gasteiger charge is -2.16. The molecular formula is C16H20F3N3O2. The van der Waals surface area contributed by atoms with Gasteiger partial charge in [-0.15, -0.1) is 0 Å². The third-order valence-electron chi connectivity index (χ3n) is 3.76. The van der Waals surface area contributed by atoms with Gasteiger partial charge in [-0.1, -0.05) is 13.8 Å². The number of hydrogen-bond donors (Lipinski definition) is 3. The van der Waals surface area contributed by atoms with Gasteiger partial charge in [0, 0.05) is 11.1 Å². The van der Waals surface area contributed by atoms with Crippen LogP contribution in [-0.2, 0) is 12.6 Å². The van der Waals surface area contributed by atoms with E-state index in [2.05, 4.69) is 10.4 Å². The van der Waals surface area contributed by atoms with Crippen molar-refractivity contribution < 1.29 is 23.4 Å². The lowest BCUT2D eigenvalue weighted by Crippen LogP contribution is -2.15. The van der Waals surface area contributed by atoms with Gasteiger partial charge in [0.2, 0.25) is 11.8 Å². The van der Waals surface area contributed by atoms with Crippen LogP contribution in [0, 0.1) is 19.8 Å². The van der Waals surface area contributed by atoms with Crippen molar-refractivity contribution in [1.82, 2.24) is 9.66 Å². The summed E-state index contributed by atoms with van der Waals surface area (Å²) in [5.41, 5.74) is 2.70. The average Bonchev–Trinajstić information content (AvgIpc) is 2.63. The molecule has 0 saturated heterocycles. The summed E-state index contributed by atoms with van der Waals surface area (Å²) in [6.07, 6.45) is -4.33. The number of anilines is 1. The molecule has 0 saturated carbocycles. The highest BCUT2D eigenvalue weighted by atomic mass is 19.4. The van der Waals surface area contributed by atoms with Gasteiger partial charge in [0.05, 0.1) is 11.3 Å². The third kappa shape index (κ3) is 3.42. The van der Waals surface area contributed by atoms with E-state index in [1.807, 2.05) is 0 Å². The normalized spacial score (nSPS) is 12.0. The number of aromatic hydroxyl groups is 2. The van der Waals surface area contributed by atoms with Crippen LogP contribution in [0.4, 0.5) is 19.0 Å². The van der Waals surface area contributed by atoms with Crippen LogP contribution in [0.5, 0.6) is 11.8 Å². The molecule has 0 atom stereocenters. The fraction of sp³-hybridized carbons (Fsp3) is 0.438. The molecule has 0 unspecified atom stereocenters. The zero-order valence-corrected chi connectivity index (χ0v) is 13.9. The lowest BCUT2D eigenvalue weighted by atomic mass is 10.0. The van der Waals surface area contributed by atoms with Crippen molar-refractivity contribution in [3.8, 4) is 11.8 Å². The van der Waals surface area contributed by atoms with E-state index >= 15 is 0 Å². The molecule has 5 nitrogen and oxygen atoms in total. The number of nitrogens with zero attached hydrogens (tertiary/aromatic N) is 2. The summed E-state index contributed by atoms with van der Waals surface area (Å²) in [5, 5.41) is 20.0. The molecule has 3 N–H and O–H groups in total. The fourth-order valence-electron chi connectivity index (χ4n) is 2.36. The number of alkyl halides is 3. The molecule has 2 rings (SSSR count). The van der Waals surface area contributed by atoms with Gasteiger partial charge in [0.1, 0.15) is 5.82 Å². The van der Waals surface area contributed by atoms with Gasteiger partial charge in [-0.2, -0.15) is 17.8 Å². The van der Waals surface area contributed by atoms with E-state index < -0.39 is 11.7 Å². The van der Waals surface area contributed by atoms with Crippen LogP contribution >= 0.6 is 0 Å².